The fourth-order valence-electron chi connectivity index (χ4n) is 12.2. The first-order valence-electron chi connectivity index (χ1n) is 25.3. The first kappa shape index (κ1) is 44.2. The van der Waals surface area contributed by atoms with Crippen LogP contribution in [0.25, 0.3) is 37.8 Å². The number of furan rings is 1. The lowest BCUT2D eigenvalue weighted by molar-refractivity contribution is 0.324. The van der Waals surface area contributed by atoms with E-state index in [0.717, 1.165) is 29.7 Å². The Hall–Kier alpha value is -5.98. The number of thiophene rings is 1. The van der Waals surface area contributed by atoms with Crippen LogP contribution < -0.4 is 26.2 Å². The topological polar surface area (TPSA) is 24.6 Å². The van der Waals surface area contributed by atoms with Crippen LogP contribution in [-0.4, -0.2) is 11.3 Å². The second-order valence-corrected chi connectivity index (χ2v) is 26.0. The van der Waals surface area contributed by atoms with Gasteiger partial charge in [-0.3, -0.25) is 0 Å². The lowest BCUT2D eigenvalue weighted by atomic mass is 9.33. The Morgan fingerprint density at radius 3 is 1.72 bits per heavy atom. The number of hydrogen-bond donors (Lipinski definition) is 0. The van der Waals surface area contributed by atoms with Crippen molar-refractivity contribution in [3.8, 4) is 5.69 Å². The molecule has 348 valence electrons. The summed E-state index contributed by atoms with van der Waals surface area (Å²) in [6.45, 7) is 32.8. The average Bonchev–Trinajstić information content (AvgIpc) is 3.95. The van der Waals surface area contributed by atoms with Gasteiger partial charge in [-0.25, -0.2) is 0 Å². The predicted molar refractivity (Wildman–Crippen MR) is 299 cm³/mol. The summed E-state index contributed by atoms with van der Waals surface area (Å²) in [5.41, 5.74) is 22.5. The summed E-state index contributed by atoms with van der Waals surface area (Å²) in [5, 5.41) is 3.78. The minimum atomic E-state index is -0.103. The number of nitrogens with zero attached hydrogens (tertiary/aromatic N) is 3. The van der Waals surface area contributed by atoms with Crippen molar-refractivity contribution in [3.05, 3.63) is 155 Å². The molecule has 3 aromatic heterocycles. The molecule has 6 heteroatoms. The molecule has 0 fully saturated rings. The average molecular weight is 924 g/mol. The smallest absolute Gasteiger partial charge is 0.258 e. The van der Waals surface area contributed by atoms with E-state index < -0.39 is 0 Å². The number of rotatable bonds is 3. The van der Waals surface area contributed by atoms with Crippen molar-refractivity contribution in [2.75, 3.05) is 9.80 Å². The molecule has 4 nitrogen and oxygen atoms in total. The van der Waals surface area contributed by atoms with Crippen molar-refractivity contribution < 1.29 is 4.42 Å². The van der Waals surface area contributed by atoms with Gasteiger partial charge in [-0.2, -0.15) is 0 Å². The summed E-state index contributed by atoms with van der Waals surface area (Å²) in [4.78, 5) is 5.19. The second kappa shape index (κ2) is 14.5. The molecule has 0 saturated heterocycles. The highest BCUT2D eigenvalue weighted by molar-refractivity contribution is 7.27. The molecule has 2 aliphatic heterocycles. The highest BCUT2D eigenvalue weighted by Crippen LogP contribution is 2.54. The molecular weight excluding hydrogens is 858 g/mol. The Kier molecular flexibility index (Phi) is 9.33. The SMILES string of the molecule is Cc1cc2c3c(c1)N(c1ccc(C(C)(C)C)cc1)c1sc4c(oc5ccc(C(C)(C)C)cc54)c1B3c1cc3c(cc1N2c1ccc(C(C)(C)C)cc1)c1c(n3-c2ccccc2)C(C)(C)CCC1(C)C. The third kappa shape index (κ3) is 6.60. The third-order valence-electron chi connectivity index (χ3n) is 16.1. The zero-order valence-corrected chi connectivity index (χ0v) is 44.0. The van der Waals surface area contributed by atoms with Gasteiger partial charge in [0.1, 0.15) is 11.2 Å². The van der Waals surface area contributed by atoms with Crippen LogP contribution in [0.15, 0.2) is 126 Å². The van der Waals surface area contributed by atoms with Crippen molar-refractivity contribution in [2.45, 2.75) is 137 Å². The molecule has 6 aromatic carbocycles. The number of aryl methyl sites for hydroxylation is 1. The van der Waals surface area contributed by atoms with Crippen molar-refractivity contribution in [3.63, 3.8) is 0 Å². The Bertz CT molecular complexity index is 3560. The number of anilines is 6. The van der Waals surface area contributed by atoms with E-state index in [9.17, 15) is 0 Å². The lowest BCUT2D eigenvalue weighted by Crippen LogP contribution is -2.61. The molecule has 0 unspecified atom stereocenters. The molecule has 0 spiro atoms. The van der Waals surface area contributed by atoms with Gasteiger partial charge >= 0.3 is 0 Å². The molecule has 5 heterocycles. The summed E-state index contributed by atoms with van der Waals surface area (Å²) >= 11 is 1.90. The van der Waals surface area contributed by atoms with Gasteiger partial charge in [0.15, 0.2) is 0 Å². The van der Waals surface area contributed by atoms with Crippen LogP contribution in [0.1, 0.15) is 136 Å². The molecule has 0 atom stereocenters. The molecule has 69 heavy (non-hydrogen) atoms. The fourth-order valence-corrected chi connectivity index (χ4v) is 13.5. The maximum Gasteiger partial charge on any atom is 0.258 e. The quantitative estimate of drug-likeness (QED) is 0.165. The van der Waals surface area contributed by atoms with Gasteiger partial charge < -0.3 is 18.8 Å². The summed E-state index contributed by atoms with van der Waals surface area (Å²) < 4.78 is 11.1. The second-order valence-electron chi connectivity index (χ2n) is 25.0. The van der Waals surface area contributed by atoms with Crippen LogP contribution in [0.5, 0.6) is 0 Å². The van der Waals surface area contributed by atoms with E-state index in [2.05, 4.69) is 233 Å². The van der Waals surface area contributed by atoms with Gasteiger partial charge in [0.25, 0.3) is 6.71 Å². The zero-order valence-electron chi connectivity index (χ0n) is 43.2. The number of benzene rings is 6. The Labute approximate surface area is 414 Å². The van der Waals surface area contributed by atoms with E-state index in [4.69, 9.17) is 4.42 Å². The first-order chi connectivity index (χ1) is 32.5. The Morgan fingerprint density at radius 1 is 0.551 bits per heavy atom. The van der Waals surface area contributed by atoms with Gasteiger partial charge in [0, 0.05) is 61.5 Å². The molecule has 0 saturated carbocycles. The highest BCUT2D eigenvalue weighted by atomic mass is 32.1. The van der Waals surface area contributed by atoms with E-state index in [-0.39, 0.29) is 33.8 Å². The summed E-state index contributed by atoms with van der Waals surface area (Å²) in [7, 11) is 0. The van der Waals surface area contributed by atoms with Crippen LogP contribution in [0.4, 0.5) is 33.4 Å². The predicted octanol–water partition coefficient (Wildman–Crippen LogP) is 16.2. The molecular formula is C63H66BN3OS. The largest absolute Gasteiger partial charge is 0.456 e. The molecule has 0 N–H and O–H groups in total. The van der Waals surface area contributed by atoms with Gasteiger partial charge in [-0.15, -0.1) is 11.3 Å². The molecule has 0 radical (unpaired) electrons. The summed E-state index contributed by atoms with van der Waals surface area (Å²) in [6, 6.07) is 47.0. The van der Waals surface area contributed by atoms with E-state index in [1.807, 2.05) is 11.3 Å². The Balaban J connectivity index is 1.24. The van der Waals surface area contributed by atoms with Crippen LogP contribution in [0, 0.1) is 6.92 Å². The number of hydrogen-bond acceptors (Lipinski definition) is 4. The lowest BCUT2D eigenvalue weighted by Gasteiger charge is -2.43. The van der Waals surface area contributed by atoms with Gasteiger partial charge in [-0.1, -0.05) is 139 Å². The van der Waals surface area contributed by atoms with Gasteiger partial charge in [0.05, 0.1) is 15.2 Å². The van der Waals surface area contributed by atoms with Crippen molar-refractivity contribution >= 4 is 100 Å². The molecule has 0 amide bonds. The minimum Gasteiger partial charge on any atom is -0.456 e. The monoisotopic (exact) mass is 924 g/mol. The Morgan fingerprint density at radius 2 is 1.12 bits per heavy atom. The van der Waals surface area contributed by atoms with E-state index in [1.54, 1.807) is 0 Å². The summed E-state index contributed by atoms with van der Waals surface area (Å²) in [6.07, 6.45) is 2.26. The van der Waals surface area contributed by atoms with Crippen LogP contribution in [0.3, 0.4) is 0 Å². The molecule has 0 bridgehead atoms. The first-order valence-corrected chi connectivity index (χ1v) is 26.1. The number of para-hydroxylation sites is 1. The molecule has 1 aliphatic carbocycles. The normalized spacial score (nSPS) is 16.3. The van der Waals surface area contributed by atoms with E-state index in [0.29, 0.717) is 0 Å². The van der Waals surface area contributed by atoms with Gasteiger partial charge in [-0.05, 0) is 153 Å². The minimum absolute atomic E-state index is 0.00362. The highest BCUT2D eigenvalue weighted by Gasteiger charge is 2.49. The maximum absolute atomic E-state index is 7.28. The molecule has 12 rings (SSSR count). The van der Waals surface area contributed by atoms with Crippen LogP contribution in [-0.2, 0) is 27.1 Å². The van der Waals surface area contributed by atoms with Crippen molar-refractivity contribution in [2.24, 2.45) is 0 Å². The molecule has 3 aliphatic rings. The van der Waals surface area contributed by atoms with Crippen LogP contribution in [0.2, 0.25) is 0 Å². The molecule has 9 aromatic rings. The number of aromatic nitrogens is 1. The van der Waals surface area contributed by atoms with Gasteiger partial charge in [0.2, 0.25) is 0 Å². The number of fused-ring (bicyclic) bond motifs is 11. The third-order valence-corrected chi connectivity index (χ3v) is 17.3. The van der Waals surface area contributed by atoms with E-state index >= 15 is 0 Å². The van der Waals surface area contributed by atoms with Crippen molar-refractivity contribution in [1.29, 1.82) is 0 Å². The van der Waals surface area contributed by atoms with Crippen LogP contribution >= 0.6 is 11.3 Å². The standard InChI is InChI=1S/C63H66BN3OS/c1-37-32-49-53-50(33-37)67(43-27-22-39(23-28-43)60(5,6)7)58-54(55-56(69-58)45-34-40(61(8,9)10)24-29-51(45)68-55)64(53)46-36-47-44(35-48(46)65(49)42-25-20-38(21-26-42)59(2,3)4)52-57(63(13,14)31-30-62(52,11)12)66(47)41-18-16-15-17-19-41/h15-29,32-36H,30-31H2,1-14H3. The maximum atomic E-state index is 7.28. The zero-order chi connectivity index (χ0) is 48.5. The van der Waals surface area contributed by atoms with Crippen molar-refractivity contribution in [1.82, 2.24) is 4.57 Å². The fraction of sp³-hybridized carbons (Fsp3) is 0.333. The summed E-state index contributed by atoms with van der Waals surface area (Å²) in [5.74, 6) is 0. The van der Waals surface area contributed by atoms with E-state index in [1.165, 1.54) is 104 Å².